The molecule has 0 atom stereocenters. The molecule has 0 unspecified atom stereocenters. The number of benzene rings is 1. The largest absolute Gasteiger partial charge is 0.354 e. The molecule has 0 fully saturated rings. The quantitative estimate of drug-likeness (QED) is 0.824. The molecule has 5 nitrogen and oxygen atoms in total. The van der Waals surface area contributed by atoms with E-state index in [1.165, 1.54) is 24.5 Å². The lowest BCUT2D eigenvalue weighted by Gasteiger charge is -2.08. The molecule has 0 spiro atoms. The summed E-state index contributed by atoms with van der Waals surface area (Å²) in [4.78, 5) is 20.3. The zero-order valence-corrected chi connectivity index (χ0v) is 13.3. The standard InChI is InChI=1S/C17H21FN4O/c1-12(2)7-8-19-17-21-10-14(11-22-17)16(23)20-9-13-3-5-15(18)6-4-13/h3-6,10-12H,7-9H2,1-2H3,(H,20,23)(H,19,21,22). The normalized spacial score (nSPS) is 10.6. The van der Waals surface area contributed by atoms with Crippen molar-refractivity contribution >= 4 is 11.9 Å². The summed E-state index contributed by atoms with van der Waals surface area (Å²) in [6.45, 7) is 5.43. The first kappa shape index (κ1) is 16.9. The number of hydrogen-bond donors (Lipinski definition) is 2. The molecule has 2 rings (SSSR count). The van der Waals surface area contributed by atoms with Gasteiger partial charge in [-0.25, -0.2) is 14.4 Å². The smallest absolute Gasteiger partial charge is 0.254 e. The summed E-state index contributed by atoms with van der Waals surface area (Å²) in [7, 11) is 0. The van der Waals surface area contributed by atoms with Gasteiger partial charge in [0.2, 0.25) is 5.95 Å². The van der Waals surface area contributed by atoms with Crippen molar-refractivity contribution in [2.75, 3.05) is 11.9 Å². The highest BCUT2D eigenvalue weighted by Crippen LogP contribution is 2.05. The highest BCUT2D eigenvalue weighted by atomic mass is 19.1. The first-order valence-corrected chi connectivity index (χ1v) is 7.63. The lowest BCUT2D eigenvalue weighted by Crippen LogP contribution is -2.23. The number of nitrogens with zero attached hydrogens (tertiary/aromatic N) is 2. The van der Waals surface area contributed by atoms with Gasteiger partial charge in [0.15, 0.2) is 0 Å². The predicted molar refractivity (Wildman–Crippen MR) is 87.5 cm³/mol. The number of nitrogens with one attached hydrogen (secondary N) is 2. The average molecular weight is 316 g/mol. The molecule has 1 amide bonds. The van der Waals surface area contributed by atoms with Gasteiger partial charge in [-0.15, -0.1) is 0 Å². The first-order valence-electron chi connectivity index (χ1n) is 7.63. The second-order valence-corrected chi connectivity index (χ2v) is 5.71. The van der Waals surface area contributed by atoms with Gasteiger partial charge < -0.3 is 10.6 Å². The van der Waals surface area contributed by atoms with E-state index in [-0.39, 0.29) is 11.7 Å². The van der Waals surface area contributed by atoms with Crippen molar-refractivity contribution in [3.8, 4) is 0 Å². The maximum absolute atomic E-state index is 12.8. The van der Waals surface area contributed by atoms with Gasteiger partial charge in [0.1, 0.15) is 5.82 Å². The number of halogens is 1. The molecule has 122 valence electrons. The van der Waals surface area contributed by atoms with E-state index in [0.717, 1.165) is 18.5 Å². The van der Waals surface area contributed by atoms with E-state index >= 15 is 0 Å². The lowest BCUT2D eigenvalue weighted by molar-refractivity contribution is 0.0950. The van der Waals surface area contributed by atoms with Crippen LogP contribution in [0.15, 0.2) is 36.7 Å². The van der Waals surface area contributed by atoms with Crippen molar-refractivity contribution in [3.63, 3.8) is 0 Å². The van der Waals surface area contributed by atoms with Crippen LogP contribution in [-0.4, -0.2) is 22.4 Å². The van der Waals surface area contributed by atoms with Crippen LogP contribution in [0.1, 0.15) is 36.2 Å². The molecule has 2 N–H and O–H groups in total. The van der Waals surface area contributed by atoms with Gasteiger partial charge in [0.25, 0.3) is 5.91 Å². The van der Waals surface area contributed by atoms with Crippen LogP contribution in [0.25, 0.3) is 0 Å². The second kappa shape index (κ2) is 8.22. The fraction of sp³-hybridized carbons (Fsp3) is 0.353. The van der Waals surface area contributed by atoms with E-state index in [2.05, 4.69) is 34.4 Å². The number of amides is 1. The third kappa shape index (κ3) is 5.65. The Bertz CT molecular complexity index is 626. The van der Waals surface area contributed by atoms with Gasteiger partial charge in [-0.3, -0.25) is 4.79 Å². The Kier molecular flexibility index (Phi) is 6.02. The van der Waals surface area contributed by atoms with Crippen LogP contribution in [-0.2, 0) is 6.54 Å². The molecule has 0 radical (unpaired) electrons. The summed E-state index contributed by atoms with van der Waals surface area (Å²) in [6, 6.07) is 5.99. The Morgan fingerprint density at radius 2 is 1.83 bits per heavy atom. The minimum atomic E-state index is -0.297. The Labute approximate surface area is 135 Å². The molecule has 0 saturated carbocycles. The highest BCUT2D eigenvalue weighted by Gasteiger charge is 2.07. The molecule has 6 heteroatoms. The maximum atomic E-state index is 12.8. The zero-order valence-electron chi connectivity index (χ0n) is 13.3. The fourth-order valence-corrected chi connectivity index (χ4v) is 1.90. The van der Waals surface area contributed by atoms with E-state index in [1.807, 2.05) is 0 Å². The molecule has 0 saturated heterocycles. The topological polar surface area (TPSA) is 66.9 Å². The molecule has 1 aromatic carbocycles. The second-order valence-electron chi connectivity index (χ2n) is 5.71. The SMILES string of the molecule is CC(C)CCNc1ncc(C(=O)NCc2ccc(F)cc2)cn1. The molecule has 1 aromatic heterocycles. The van der Waals surface area contributed by atoms with Gasteiger partial charge >= 0.3 is 0 Å². The number of aromatic nitrogens is 2. The number of carbonyl (C=O) groups is 1. The van der Waals surface area contributed by atoms with Crippen molar-refractivity contribution in [2.45, 2.75) is 26.8 Å². The Morgan fingerprint density at radius 3 is 2.43 bits per heavy atom. The van der Waals surface area contributed by atoms with Crippen LogP contribution in [0.5, 0.6) is 0 Å². The molecule has 23 heavy (non-hydrogen) atoms. The summed E-state index contributed by atoms with van der Waals surface area (Å²) < 4.78 is 12.8. The summed E-state index contributed by atoms with van der Waals surface area (Å²) in [5, 5.41) is 5.87. The summed E-state index contributed by atoms with van der Waals surface area (Å²) in [5.74, 6) is 0.567. The number of carbonyl (C=O) groups excluding carboxylic acids is 1. The lowest BCUT2D eigenvalue weighted by atomic mass is 10.1. The number of anilines is 1. The summed E-state index contributed by atoms with van der Waals surface area (Å²) in [5.41, 5.74) is 1.22. The van der Waals surface area contributed by atoms with E-state index in [0.29, 0.717) is 24.0 Å². The van der Waals surface area contributed by atoms with Crippen molar-refractivity contribution in [1.82, 2.24) is 15.3 Å². The van der Waals surface area contributed by atoms with Gasteiger partial charge in [-0.05, 0) is 30.0 Å². The first-order chi connectivity index (χ1) is 11.0. The van der Waals surface area contributed by atoms with E-state index in [9.17, 15) is 9.18 Å². The minimum absolute atomic E-state index is 0.261. The van der Waals surface area contributed by atoms with Crippen LogP contribution in [0, 0.1) is 11.7 Å². The Balaban J connectivity index is 1.83. The third-order valence-electron chi connectivity index (χ3n) is 3.29. The molecule has 1 heterocycles. The van der Waals surface area contributed by atoms with Crippen molar-refractivity contribution in [2.24, 2.45) is 5.92 Å². The Morgan fingerprint density at radius 1 is 1.17 bits per heavy atom. The molecule has 0 aliphatic carbocycles. The van der Waals surface area contributed by atoms with Crippen LogP contribution in [0.3, 0.4) is 0 Å². The summed E-state index contributed by atoms with van der Waals surface area (Å²) in [6.07, 6.45) is 4.01. The monoisotopic (exact) mass is 316 g/mol. The van der Waals surface area contributed by atoms with Crippen LogP contribution in [0.2, 0.25) is 0 Å². The average Bonchev–Trinajstić information content (AvgIpc) is 2.54. The van der Waals surface area contributed by atoms with Crippen LogP contribution >= 0.6 is 0 Å². The molecular weight excluding hydrogens is 295 g/mol. The van der Waals surface area contributed by atoms with Gasteiger partial charge in [-0.1, -0.05) is 26.0 Å². The van der Waals surface area contributed by atoms with Gasteiger partial charge in [0.05, 0.1) is 5.56 Å². The number of rotatable bonds is 7. The maximum Gasteiger partial charge on any atom is 0.254 e. The third-order valence-corrected chi connectivity index (χ3v) is 3.29. The fourth-order valence-electron chi connectivity index (χ4n) is 1.90. The minimum Gasteiger partial charge on any atom is -0.354 e. The van der Waals surface area contributed by atoms with E-state index in [4.69, 9.17) is 0 Å². The predicted octanol–water partition coefficient (Wildman–Crippen LogP) is 3.00. The molecule has 2 aromatic rings. The Hall–Kier alpha value is -2.50. The highest BCUT2D eigenvalue weighted by molar-refractivity contribution is 5.93. The molecule has 0 aliphatic rings. The molecule has 0 aliphatic heterocycles. The van der Waals surface area contributed by atoms with Crippen molar-refractivity contribution in [1.29, 1.82) is 0 Å². The summed E-state index contributed by atoms with van der Waals surface area (Å²) >= 11 is 0. The van der Waals surface area contributed by atoms with Gasteiger partial charge in [-0.2, -0.15) is 0 Å². The molecule has 0 bridgehead atoms. The van der Waals surface area contributed by atoms with Gasteiger partial charge in [0, 0.05) is 25.5 Å². The van der Waals surface area contributed by atoms with Crippen molar-refractivity contribution < 1.29 is 9.18 Å². The van der Waals surface area contributed by atoms with E-state index in [1.54, 1.807) is 12.1 Å². The zero-order chi connectivity index (χ0) is 16.7. The van der Waals surface area contributed by atoms with Crippen molar-refractivity contribution in [3.05, 3.63) is 53.6 Å². The van der Waals surface area contributed by atoms with E-state index < -0.39 is 0 Å². The number of hydrogen-bond acceptors (Lipinski definition) is 4. The molecular formula is C17H21FN4O. The van der Waals surface area contributed by atoms with Crippen LogP contribution < -0.4 is 10.6 Å². The van der Waals surface area contributed by atoms with Crippen LogP contribution in [0.4, 0.5) is 10.3 Å².